The van der Waals surface area contributed by atoms with Gasteiger partial charge in [0.1, 0.15) is 0 Å². The van der Waals surface area contributed by atoms with E-state index >= 15 is 0 Å². The lowest BCUT2D eigenvalue weighted by molar-refractivity contribution is 0.441. The van der Waals surface area contributed by atoms with Gasteiger partial charge in [-0.2, -0.15) is 0 Å². The van der Waals surface area contributed by atoms with Crippen molar-refractivity contribution in [1.29, 1.82) is 0 Å². The van der Waals surface area contributed by atoms with E-state index in [2.05, 4.69) is 25.5 Å². The van der Waals surface area contributed by atoms with Gasteiger partial charge in [0.05, 0.1) is 9.68 Å². The van der Waals surface area contributed by atoms with Gasteiger partial charge in [0, 0.05) is 10.2 Å². The zero-order valence-corrected chi connectivity index (χ0v) is 10.6. The third-order valence-corrected chi connectivity index (χ3v) is 6.33. The fourth-order valence-electron chi connectivity index (χ4n) is 0.666. The molecule has 0 radical (unpaired) electrons. The van der Waals surface area contributed by atoms with Crippen molar-refractivity contribution in [2.24, 2.45) is 0 Å². The minimum Gasteiger partial charge on any atom is -0.330 e. The van der Waals surface area contributed by atoms with Gasteiger partial charge in [-0.1, -0.05) is 25.9 Å². The molecule has 56 valence electrons. The molecule has 3 heteroatoms. The average Bonchev–Trinajstić information content (AvgIpc) is 1.82. The predicted molar refractivity (Wildman–Crippen MR) is 51.0 cm³/mol. The third kappa shape index (κ3) is 4.87. The first-order valence-corrected chi connectivity index (χ1v) is 6.93. The fraction of sp³-hybridized carbons (Fsp3) is 1.00. The van der Waals surface area contributed by atoms with E-state index in [0.29, 0.717) is 0 Å². The minimum atomic E-state index is 0.156. The maximum Gasteiger partial charge on any atom is 0.0947 e. The van der Waals surface area contributed by atoms with Gasteiger partial charge in [0.2, 0.25) is 0 Å². The molecule has 0 aliphatic carbocycles. The first-order valence-electron chi connectivity index (χ1n) is 3.88. The maximum absolute atomic E-state index is 2.54. The first kappa shape index (κ1) is 9.39. The van der Waals surface area contributed by atoms with E-state index in [1.54, 1.807) is 0 Å². The molecule has 0 saturated carbocycles. The van der Waals surface area contributed by atoms with Crippen LogP contribution in [0.2, 0.25) is 12.1 Å². The van der Waals surface area contributed by atoms with Crippen LogP contribution in [-0.2, 0) is 0 Å². The molecule has 9 heavy (non-hydrogen) atoms. The summed E-state index contributed by atoms with van der Waals surface area (Å²) in [4.78, 5) is 0. The Morgan fingerprint density at radius 3 is 2.44 bits per heavy atom. The molecule has 0 amide bonds. The maximum atomic E-state index is 2.54. The molecule has 0 bridgehead atoms. The van der Waals surface area contributed by atoms with Crippen molar-refractivity contribution in [3.63, 3.8) is 0 Å². The molecule has 0 spiro atoms. The molecule has 0 rings (SSSR count). The zero-order chi connectivity index (χ0) is 7.28. The van der Waals surface area contributed by atoms with Crippen LogP contribution in [0.25, 0.3) is 0 Å². The van der Waals surface area contributed by atoms with Crippen LogP contribution < -0.4 is 0 Å². The molecule has 0 aromatic heterocycles. The van der Waals surface area contributed by atoms with E-state index in [1.807, 2.05) is 0 Å². The number of rotatable bonds is 4. The summed E-state index contributed by atoms with van der Waals surface area (Å²) in [5.74, 6) is 0. The summed E-state index contributed by atoms with van der Waals surface area (Å²) in [7, 11) is 3.81. The van der Waals surface area contributed by atoms with Crippen molar-refractivity contribution in [2.75, 3.05) is 7.05 Å². The molecule has 0 aliphatic heterocycles. The highest BCUT2D eigenvalue weighted by Crippen LogP contribution is 1.94. The molecule has 0 fully saturated rings. The van der Waals surface area contributed by atoms with E-state index in [-0.39, 0.29) is 9.68 Å². The molecule has 0 N–H and O–H groups in total. The normalized spacial score (nSPS) is 13.0. The van der Waals surface area contributed by atoms with Crippen molar-refractivity contribution in [3.8, 4) is 0 Å². The van der Waals surface area contributed by atoms with Gasteiger partial charge in [0.25, 0.3) is 0 Å². The second kappa shape index (κ2) is 5.20. The topological polar surface area (TPSA) is 3.24 Å². The van der Waals surface area contributed by atoms with Crippen molar-refractivity contribution in [3.05, 3.63) is 0 Å². The quantitative estimate of drug-likeness (QED) is 0.508. The van der Waals surface area contributed by atoms with Crippen LogP contribution in [0.1, 0.15) is 13.8 Å². The van der Waals surface area contributed by atoms with Gasteiger partial charge in [-0.3, -0.25) is 0 Å². The Kier molecular flexibility index (Phi) is 5.43. The molecule has 0 unspecified atom stereocenters. The van der Waals surface area contributed by atoms with Gasteiger partial charge in [-0.05, 0) is 13.1 Å². The molecule has 0 aliphatic rings. The Morgan fingerprint density at radius 1 is 1.56 bits per heavy atom. The smallest absolute Gasteiger partial charge is 0.0947 e. The minimum absolute atomic E-state index is 0.156. The molecular formula is C6H19NSi2. The second-order valence-electron chi connectivity index (χ2n) is 2.93. The van der Waals surface area contributed by atoms with Crippen LogP contribution in [0.15, 0.2) is 0 Å². The van der Waals surface area contributed by atoms with Gasteiger partial charge in [0.15, 0.2) is 0 Å². The third-order valence-electron chi connectivity index (χ3n) is 1.75. The first-order chi connectivity index (χ1) is 4.18. The van der Waals surface area contributed by atoms with E-state index < -0.39 is 0 Å². The number of nitrogens with zero attached hydrogens (tertiary/aromatic N) is 1. The van der Waals surface area contributed by atoms with Crippen molar-refractivity contribution < 1.29 is 0 Å². The molecule has 0 saturated heterocycles. The van der Waals surface area contributed by atoms with Crippen LogP contribution in [0.4, 0.5) is 0 Å². The number of hydrogen-bond donors (Lipinski definition) is 0. The molecule has 0 aromatic carbocycles. The van der Waals surface area contributed by atoms with E-state index in [0.717, 1.165) is 6.04 Å². The highest BCUT2D eigenvalue weighted by molar-refractivity contribution is 6.33. The largest absolute Gasteiger partial charge is 0.330 e. The van der Waals surface area contributed by atoms with Crippen LogP contribution in [0, 0.1) is 0 Å². The van der Waals surface area contributed by atoms with E-state index in [4.69, 9.17) is 0 Å². The summed E-state index contributed by atoms with van der Waals surface area (Å²) in [6.07, 6.45) is 0. The summed E-state index contributed by atoms with van der Waals surface area (Å²) < 4.78 is 2.54. The summed E-state index contributed by atoms with van der Waals surface area (Å²) in [5.41, 5.74) is 0. The lowest BCUT2D eigenvalue weighted by Crippen LogP contribution is -2.29. The molecule has 1 nitrogen and oxygen atoms in total. The molecule has 0 aromatic rings. The van der Waals surface area contributed by atoms with Crippen LogP contribution in [0.3, 0.4) is 0 Å². The highest BCUT2D eigenvalue weighted by Gasteiger charge is 2.00. The van der Waals surface area contributed by atoms with E-state index in [9.17, 15) is 0 Å². The Morgan fingerprint density at radius 2 is 2.11 bits per heavy atom. The molecule has 0 atom stereocenters. The van der Waals surface area contributed by atoms with Crippen LogP contribution in [-0.4, -0.2) is 37.6 Å². The standard InChI is InChI=1S/C6H19NSi2/c1-6(2)7(3)9-5-4-8/h6H,4-5,9H2,1-3,8H3. The Hall–Kier alpha value is 0.394. The number of hydrogen-bond acceptors (Lipinski definition) is 1. The average molecular weight is 161 g/mol. The summed E-state index contributed by atoms with van der Waals surface area (Å²) in [6.45, 7) is 4.56. The van der Waals surface area contributed by atoms with Crippen molar-refractivity contribution >= 4 is 19.9 Å². The van der Waals surface area contributed by atoms with Gasteiger partial charge < -0.3 is 4.57 Å². The summed E-state index contributed by atoms with van der Waals surface area (Å²) in [6, 6.07) is 3.81. The fourth-order valence-corrected chi connectivity index (χ4v) is 2.95. The Labute approximate surface area is 64.1 Å². The van der Waals surface area contributed by atoms with Gasteiger partial charge in [-0.15, -0.1) is 0 Å². The monoisotopic (exact) mass is 161 g/mol. The summed E-state index contributed by atoms with van der Waals surface area (Å²) >= 11 is 0. The predicted octanol–water partition coefficient (Wildman–Crippen LogP) is -0.388. The van der Waals surface area contributed by atoms with E-state index in [1.165, 1.54) is 22.3 Å². The lowest BCUT2D eigenvalue weighted by Gasteiger charge is -2.19. The van der Waals surface area contributed by atoms with Crippen LogP contribution in [0.5, 0.6) is 0 Å². The lowest BCUT2D eigenvalue weighted by atomic mass is 10.4. The van der Waals surface area contributed by atoms with Crippen molar-refractivity contribution in [2.45, 2.75) is 32.0 Å². The SMILES string of the molecule is CC(C)N(C)[SiH2]CC[SiH3]. The Bertz CT molecular complexity index is 66.1. The van der Waals surface area contributed by atoms with Crippen LogP contribution >= 0.6 is 0 Å². The highest BCUT2D eigenvalue weighted by atomic mass is 28.2. The zero-order valence-electron chi connectivity index (χ0n) is 7.15. The Balaban J connectivity index is 3.16. The van der Waals surface area contributed by atoms with Gasteiger partial charge >= 0.3 is 0 Å². The molecular weight excluding hydrogens is 142 g/mol. The molecule has 0 heterocycles. The summed E-state index contributed by atoms with van der Waals surface area (Å²) in [5, 5.41) is 0. The van der Waals surface area contributed by atoms with Gasteiger partial charge in [-0.25, -0.2) is 0 Å². The second-order valence-corrected chi connectivity index (χ2v) is 6.08. The van der Waals surface area contributed by atoms with Crippen molar-refractivity contribution in [1.82, 2.24) is 4.57 Å².